The molecule has 4 amide bonds. The highest BCUT2D eigenvalue weighted by atomic mass is 16.7. The molecule has 7 rings (SSSR count). The van der Waals surface area contributed by atoms with Crippen LogP contribution in [0.4, 0.5) is 0 Å². The maximum Gasteiger partial charge on any atom is 0.306 e. The quantitative estimate of drug-likeness (QED) is 0.0266. The second-order valence-corrected chi connectivity index (χ2v) is 23.6. The van der Waals surface area contributed by atoms with Gasteiger partial charge >= 0.3 is 5.97 Å². The molecule has 0 radical (unpaired) electrons. The Labute approximate surface area is 531 Å². The summed E-state index contributed by atoms with van der Waals surface area (Å²) in [5.74, 6) is -7.10. The third-order valence-electron chi connectivity index (χ3n) is 16.5. The first kappa shape index (κ1) is 73.5. The Balaban J connectivity index is 1.13. The Morgan fingerprint density at radius 1 is 0.677 bits per heavy atom. The first-order chi connectivity index (χ1) is 44.2. The van der Waals surface area contributed by atoms with Gasteiger partial charge in [-0.1, -0.05) is 63.2 Å². The van der Waals surface area contributed by atoms with Crippen LogP contribution in [0.1, 0.15) is 44.2 Å². The van der Waals surface area contributed by atoms with E-state index < -0.39 is 227 Å². The number of amides is 4. The van der Waals surface area contributed by atoms with Crippen LogP contribution >= 0.6 is 0 Å². The number of ether oxygens (including phenoxy) is 6. The minimum Gasteiger partial charge on any atom is -0.462 e. The van der Waals surface area contributed by atoms with Crippen molar-refractivity contribution < 1.29 is 124 Å². The van der Waals surface area contributed by atoms with Crippen molar-refractivity contribution in [2.24, 2.45) is 33.1 Å². The Morgan fingerprint density at radius 2 is 1.27 bits per heavy atom. The molecule has 0 spiro atoms. The number of carbonyl (C=O) groups excluding carboxylic acids is 6. The van der Waals surface area contributed by atoms with E-state index in [0.29, 0.717) is 5.56 Å². The first-order valence-corrected chi connectivity index (χ1v) is 29.9. The minimum absolute atomic E-state index is 0.0521. The van der Waals surface area contributed by atoms with E-state index >= 15 is 0 Å². The van der Waals surface area contributed by atoms with Crippen molar-refractivity contribution in [3.63, 3.8) is 0 Å². The lowest BCUT2D eigenvalue weighted by Gasteiger charge is -2.46. The molecule has 3 fully saturated rings. The van der Waals surface area contributed by atoms with Gasteiger partial charge in [0.2, 0.25) is 29.9 Å². The summed E-state index contributed by atoms with van der Waals surface area (Å²) in [6.45, 7) is 0.754. The van der Waals surface area contributed by atoms with Gasteiger partial charge in [-0.25, -0.2) is 0 Å². The van der Waals surface area contributed by atoms with Gasteiger partial charge < -0.3 is 148 Å². The van der Waals surface area contributed by atoms with Gasteiger partial charge in [-0.2, -0.15) is 0 Å². The van der Waals surface area contributed by atoms with Crippen molar-refractivity contribution >= 4 is 47.8 Å². The number of guanidine groups is 2. The van der Waals surface area contributed by atoms with E-state index in [-0.39, 0.29) is 42.4 Å². The van der Waals surface area contributed by atoms with Crippen LogP contribution in [0.15, 0.2) is 64.6 Å². The number of rotatable bonds is 29. The van der Waals surface area contributed by atoms with E-state index in [9.17, 15) is 95.2 Å². The number of esters is 1. The predicted octanol–water partition coefficient (Wildman–Crippen LogP) is -11.1. The zero-order chi connectivity index (χ0) is 68.3. The third-order valence-corrected chi connectivity index (χ3v) is 16.5. The van der Waals surface area contributed by atoms with Crippen molar-refractivity contribution in [1.82, 2.24) is 31.5 Å². The number of nitrogens with zero attached hydrogens (tertiary/aromatic N) is 3. The average molecular weight is 1320 g/mol. The Bertz CT molecular complexity index is 2890. The summed E-state index contributed by atoms with van der Waals surface area (Å²) < 4.78 is 34.0. The van der Waals surface area contributed by atoms with Crippen LogP contribution in [0.5, 0.6) is 5.75 Å². The number of aliphatic imine (C=N–C) groups is 2. The minimum atomic E-state index is -2.26. The standard InChI is InChI=1S/C57H85N11O25/c1-22(2)13-34(74)92-47-32(20-72)91-55(46(83)42(47)79)93-48-33(21-73)90-54(45(82)43(48)80)88-27-11-9-24(10-12-27)14-28(64-50(85)35(58)23(3)25-7-5-4-6-8-25)49(84)66-36(38(75)29-15-61-56(59)65-29)52(87)67-37(51(86)63-26(17-69)18-70)39(76)30-16-62-57(60)68(30)53-44(81)41(78)40(77)31(19-71)89-53/h4-12,17,22-23,26,28-33,35-48,53-55,70-73,75-83H,13-16,18-21,58H2,1-3H3,(H2,60,62)(H,63,86)(H,64,85)(H,66,84)(H,67,87)(H3,59,61,65). The van der Waals surface area contributed by atoms with E-state index in [1.807, 2.05) is 0 Å². The second-order valence-electron chi connectivity index (χ2n) is 23.6. The van der Waals surface area contributed by atoms with Gasteiger partial charge in [0.25, 0.3) is 0 Å². The number of nitrogens with two attached hydrogens (primary N) is 3. The molecule has 36 nitrogen and oxygen atoms in total. The molecule has 24 N–H and O–H groups in total. The summed E-state index contributed by atoms with van der Waals surface area (Å²) in [4.78, 5) is 91.5. The van der Waals surface area contributed by atoms with Gasteiger partial charge in [-0.15, -0.1) is 0 Å². The Kier molecular flexibility index (Phi) is 26.0. The number of benzene rings is 2. The highest BCUT2D eigenvalue weighted by Crippen LogP contribution is 2.33. The van der Waals surface area contributed by atoms with Crippen molar-refractivity contribution in [2.45, 2.75) is 186 Å². The molecule has 518 valence electrons. The van der Waals surface area contributed by atoms with Crippen molar-refractivity contribution in [3.8, 4) is 5.75 Å². The molecular weight excluding hydrogens is 1240 g/mol. The molecule has 36 heteroatoms. The molecule has 0 aliphatic carbocycles. The summed E-state index contributed by atoms with van der Waals surface area (Å²) in [5, 5.41) is 153. The number of hydrogen-bond donors (Lipinski definition) is 21. The zero-order valence-electron chi connectivity index (χ0n) is 50.7. The molecule has 2 aromatic rings. The van der Waals surface area contributed by atoms with E-state index in [4.69, 9.17) is 45.6 Å². The van der Waals surface area contributed by atoms with Crippen LogP contribution < -0.4 is 48.5 Å². The number of aliphatic hydroxyl groups is 13. The smallest absolute Gasteiger partial charge is 0.306 e. The lowest BCUT2D eigenvalue weighted by Crippen LogP contribution is -2.70. The normalized spacial score (nSPS) is 32.2. The van der Waals surface area contributed by atoms with Gasteiger partial charge in [0.1, 0.15) is 116 Å². The number of carbonyl (C=O) groups is 6. The lowest BCUT2D eigenvalue weighted by atomic mass is 9.93. The fourth-order valence-corrected chi connectivity index (χ4v) is 11.1. The van der Waals surface area contributed by atoms with Gasteiger partial charge in [0, 0.05) is 18.8 Å². The van der Waals surface area contributed by atoms with Crippen LogP contribution in [0, 0.1) is 5.92 Å². The molecular formula is C57H85N11O25. The van der Waals surface area contributed by atoms with Gasteiger partial charge in [-0.05, 0) is 29.2 Å². The Hall–Kier alpha value is -6.92. The monoisotopic (exact) mass is 1320 g/mol. The van der Waals surface area contributed by atoms with E-state index in [1.54, 1.807) is 51.1 Å². The SMILES string of the molecule is CC(C)CC(=O)OC1C(CO)OC(OC2C(CO)OC(Oc3ccc(CC(NC(=O)C(N)C(C)c4ccccc4)C(=O)NC(C(=O)NC(C(=O)NC(C=O)CO)C(O)C4CN=C(N)N4C4OC(CO)C(O)C(O)C4O)C(O)C4CN=C(N)N4)cc3)C(O)C2O)C(O)C1O. The Morgan fingerprint density at radius 3 is 1.87 bits per heavy atom. The highest BCUT2D eigenvalue weighted by molar-refractivity contribution is 5.96. The second kappa shape index (κ2) is 33.0. The topological polar surface area (TPSA) is 587 Å². The maximum atomic E-state index is 14.9. The fraction of sp³-hybridized carbons (Fsp3) is 0.649. The predicted molar refractivity (Wildman–Crippen MR) is 316 cm³/mol. The molecule has 0 bridgehead atoms. The number of aldehydes is 1. The number of nitrogens with one attached hydrogen (secondary N) is 5. The van der Waals surface area contributed by atoms with Crippen LogP contribution in [0.3, 0.4) is 0 Å². The van der Waals surface area contributed by atoms with Crippen LogP contribution in [0.25, 0.3) is 0 Å². The molecule has 2 aromatic carbocycles. The first-order valence-electron chi connectivity index (χ1n) is 29.9. The van der Waals surface area contributed by atoms with Gasteiger partial charge in [0.05, 0.1) is 57.6 Å². The summed E-state index contributed by atoms with van der Waals surface area (Å²) in [5.41, 5.74) is 19.5. The maximum absolute atomic E-state index is 14.9. The fourth-order valence-electron chi connectivity index (χ4n) is 11.1. The average Bonchev–Trinajstić information content (AvgIpc) is 1.77. The third kappa shape index (κ3) is 17.5. The molecule has 5 aliphatic rings. The molecule has 0 saturated carbocycles. The lowest BCUT2D eigenvalue weighted by molar-refractivity contribution is -0.353. The van der Waals surface area contributed by atoms with Crippen LogP contribution in [0.2, 0.25) is 0 Å². The van der Waals surface area contributed by atoms with E-state index in [1.165, 1.54) is 24.3 Å². The van der Waals surface area contributed by atoms with Gasteiger partial charge in [0.15, 0.2) is 30.5 Å². The number of hydrogen-bond acceptors (Lipinski definition) is 32. The summed E-state index contributed by atoms with van der Waals surface area (Å²) in [6.07, 6.45) is -31.2. The molecule has 25 unspecified atom stereocenters. The number of aliphatic hydroxyl groups excluding tert-OH is 13. The summed E-state index contributed by atoms with van der Waals surface area (Å²) >= 11 is 0. The van der Waals surface area contributed by atoms with Crippen LogP contribution in [-0.4, -0.2) is 305 Å². The summed E-state index contributed by atoms with van der Waals surface area (Å²) in [7, 11) is 0. The van der Waals surface area contributed by atoms with Crippen molar-refractivity contribution in [1.29, 1.82) is 0 Å². The van der Waals surface area contributed by atoms with Gasteiger partial charge in [-0.3, -0.25) is 34.0 Å². The molecule has 3 saturated heterocycles. The molecule has 93 heavy (non-hydrogen) atoms. The van der Waals surface area contributed by atoms with E-state index in [2.05, 4.69) is 36.6 Å². The highest BCUT2D eigenvalue weighted by Gasteiger charge is 2.54. The van der Waals surface area contributed by atoms with E-state index in [0.717, 1.165) is 4.90 Å². The summed E-state index contributed by atoms with van der Waals surface area (Å²) in [6, 6.07) is 2.07. The van der Waals surface area contributed by atoms with Crippen LogP contribution in [-0.2, 0) is 58.9 Å². The largest absolute Gasteiger partial charge is 0.462 e. The molecule has 25 atom stereocenters. The van der Waals surface area contributed by atoms with Crippen molar-refractivity contribution in [2.75, 3.05) is 39.5 Å². The molecule has 5 heterocycles. The van der Waals surface area contributed by atoms with Crippen molar-refractivity contribution in [3.05, 3.63) is 65.7 Å². The molecule has 0 aromatic heterocycles. The zero-order valence-corrected chi connectivity index (χ0v) is 50.7. The molecule has 5 aliphatic heterocycles.